The van der Waals surface area contributed by atoms with E-state index in [-0.39, 0.29) is 38.6 Å². The highest BCUT2D eigenvalue weighted by molar-refractivity contribution is 5.78. The van der Waals surface area contributed by atoms with Crippen LogP contribution in [0.1, 0.15) is 116 Å². The predicted octanol–water partition coefficient (Wildman–Crippen LogP) is 4.63. The van der Waals surface area contributed by atoms with E-state index in [1.807, 2.05) is 0 Å². The van der Waals surface area contributed by atoms with Gasteiger partial charge in [0.05, 0.1) is 13.2 Å². The van der Waals surface area contributed by atoms with Crippen molar-refractivity contribution in [3.8, 4) is 0 Å². The molecule has 1 amide bonds. The number of rotatable bonds is 29. The normalized spacial score (nSPS) is 11.9. The lowest BCUT2D eigenvalue weighted by atomic mass is 10.0. The maximum absolute atomic E-state index is 11.8. The highest BCUT2D eigenvalue weighted by Gasteiger charge is 2.17. The van der Waals surface area contributed by atoms with Gasteiger partial charge in [-0.3, -0.25) is 14.4 Å². The van der Waals surface area contributed by atoms with Crippen molar-refractivity contribution in [2.45, 2.75) is 122 Å². The summed E-state index contributed by atoms with van der Waals surface area (Å²) in [6, 6.07) is -0.729. The van der Waals surface area contributed by atoms with Crippen molar-refractivity contribution in [3.05, 3.63) is 0 Å². The zero-order valence-electron chi connectivity index (χ0n) is 22.7. The monoisotopic (exact) mass is 531 g/mol. The summed E-state index contributed by atoms with van der Waals surface area (Å²) in [6.45, 7) is 1.35. The summed E-state index contributed by atoms with van der Waals surface area (Å²) in [4.78, 5) is 37.3. The average Bonchev–Trinajstić information content (AvgIpc) is 2.86. The van der Waals surface area contributed by atoms with Crippen LogP contribution in [-0.4, -0.2) is 67.0 Å². The Balaban J connectivity index is 3.47. The number of unbranched alkanes of at least 4 members (excludes halogenated alkanes) is 14. The van der Waals surface area contributed by atoms with E-state index in [1.54, 1.807) is 0 Å². The lowest BCUT2D eigenvalue weighted by molar-refractivity contribution is -0.308. The average molecular weight is 532 g/mol. The molecule has 10 nitrogen and oxygen atoms in total. The second-order valence-electron chi connectivity index (χ2n) is 9.61. The third kappa shape index (κ3) is 27.1. The van der Waals surface area contributed by atoms with Crippen LogP contribution in [-0.2, 0) is 29.3 Å². The smallest absolute Gasteiger partial charge is 0.320 e. The number of nitrogens with one attached hydrogen (secondary N) is 2. The SMILES string of the molecule is [O]OCCOCCNC(=O)CC[C@H](NCCCCCCCCCCCCCCCCCC(=O)O)C(=O)O. The summed E-state index contributed by atoms with van der Waals surface area (Å²) >= 11 is 0. The molecule has 0 saturated heterocycles. The molecule has 0 spiro atoms. The number of carboxylic acid groups (broad SMARTS) is 2. The highest BCUT2D eigenvalue weighted by atomic mass is 17.1. The molecule has 10 heteroatoms. The Labute approximate surface area is 222 Å². The number of hydrogen-bond donors (Lipinski definition) is 4. The van der Waals surface area contributed by atoms with Crippen molar-refractivity contribution in [1.29, 1.82) is 0 Å². The van der Waals surface area contributed by atoms with E-state index in [0.29, 0.717) is 19.5 Å². The van der Waals surface area contributed by atoms with Crippen LogP contribution in [0.3, 0.4) is 0 Å². The highest BCUT2D eigenvalue weighted by Crippen LogP contribution is 2.13. The predicted molar refractivity (Wildman–Crippen MR) is 141 cm³/mol. The molecule has 4 N–H and O–H groups in total. The first-order chi connectivity index (χ1) is 18.0. The number of carboxylic acids is 2. The van der Waals surface area contributed by atoms with Gasteiger partial charge in [-0.05, 0) is 31.1 Å². The minimum Gasteiger partial charge on any atom is -0.481 e. The van der Waals surface area contributed by atoms with Crippen molar-refractivity contribution in [1.82, 2.24) is 10.6 Å². The Bertz CT molecular complexity index is 563. The molecule has 37 heavy (non-hydrogen) atoms. The van der Waals surface area contributed by atoms with Crippen LogP contribution >= 0.6 is 0 Å². The molecule has 0 bridgehead atoms. The number of amides is 1. The Morgan fingerprint density at radius 2 is 1.14 bits per heavy atom. The lowest BCUT2D eigenvalue weighted by Gasteiger charge is -2.14. The fraction of sp³-hybridized carbons (Fsp3) is 0.889. The Morgan fingerprint density at radius 1 is 0.622 bits per heavy atom. The molecule has 0 aliphatic heterocycles. The third-order valence-corrected chi connectivity index (χ3v) is 6.30. The third-order valence-electron chi connectivity index (χ3n) is 6.30. The van der Waals surface area contributed by atoms with E-state index < -0.39 is 18.0 Å². The second-order valence-corrected chi connectivity index (χ2v) is 9.61. The molecular formula is C27H51N2O8. The zero-order valence-corrected chi connectivity index (χ0v) is 22.7. The Hall–Kier alpha value is -1.75. The van der Waals surface area contributed by atoms with Crippen LogP contribution in [0.25, 0.3) is 0 Å². The Morgan fingerprint density at radius 3 is 1.62 bits per heavy atom. The van der Waals surface area contributed by atoms with Gasteiger partial charge in [-0.2, -0.15) is 0 Å². The van der Waals surface area contributed by atoms with Crippen LogP contribution in [0.4, 0.5) is 0 Å². The van der Waals surface area contributed by atoms with Gasteiger partial charge in [-0.15, -0.1) is 0 Å². The summed E-state index contributed by atoms with van der Waals surface area (Å²) in [7, 11) is 0. The molecule has 0 unspecified atom stereocenters. The Kier molecular flexibility index (Phi) is 26.0. The van der Waals surface area contributed by atoms with E-state index in [4.69, 9.17) is 9.84 Å². The van der Waals surface area contributed by atoms with Gasteiger partial charge in [0.1, 0.15) is 12.6 Å². The van der Waals surface area contributed by atoms with Gasteiger partial charge < -0.3 is 25.6 Å². The molecule has 1 radical (unpaired) electrons. The number of aliphatic carboxylic acids is 2. The minimum absolute atomic E-state index is 0.0392. The number of ether oxygens (including phenoxy) is 1. The van der Waals surface area contributed by atoms with Crippen LogP contribution in [0.5, 0.6) is 0 Å². The molecular weight excluding hydrogens is 480 g/mol. The van der Waals surface area contributed by atoms with Crippen LogP contribution in [0.2, 0.25) is 0 Å². The van der Waals surface area contributed by atoms with Gasteiger partial charge in [-0.25, -0.2) is 4.89 Å². The zero-order chi connectivity index (χ0) is 27.4. The molecule has 0 rings (SSSR count). The van der Waals surface area contributed by atoms with Crippen LogP contribution < -0.4 is 10.6 Å². The van der Waals surface area contributed by atoms with Gasteiger partial charge in [0.25, 0.3) is 0 Å². The van der Waals surface area contributed by atoms with Gasteiger partial charge >= 0.3 is 11.9 Å². The molecule has 0 aromatic heterocycles. The first-order valence-electron chi connectivity index (χ1n) is 14.2. The first-order valence-corrected chi connectivity index (χ1v) is 14.2. The van der Waals surface area contributed by atoms with Crippen molar-refractivity contribution < 1.29 is 39.5 Å². The summed E-state index contributed by atoms with van der Waals surface area (Å²) in [5, 5.41) is 33.5. The minimum atomic E-state index is -0.940. The molecule has 0 heterocycles. The summed E-state index contributed by atoms with van der Waals surface area (Å²) < 4.78 is 5.08. The standard InChI is InChI=1S/C27H51N2O8/c30-25(29-20-21-36-22-23-37-35)18-17-24(27(33)34)28-19-15-13-11-9-7-5-3-1-2-4-6-8-10-12-14-16-26(31)32/h24,28H,1-23H2,(H,29,30)(H,31,32)(H,33,34)/t24-/m0/s1. The topological polar surface area (TPSA) is 154 Å². The summed E-state index contributed by atoms with van der Waals surface area (Å²) in [5.41, 5.74) is 0. The molecule has 0 aliphatic rings. The fourth-order valence-electron chi connectivity index (χ4n) is 4.11. The molecule has 0 aromatic rings. The lowest BCUT2D eigenvalue weighted by Crippen LogP contribution is -2.38. The van der Waals surface area contributed by atoms with Gasteiger partial charge in [0, 0.05) is 19.4 Å². The van der Waals surface area contributed by atoms with Gasteiger partial charge in [-0.1, -0.05) is 83.5 Å². The fourth-order valence-corrected chi connectivity index (χ4v) is 4.11. The number of carbonyl (C=O) groups is 3. The van der Waals surface area contributed by atoms with E-state index in [0.717, 1.165) is 38.5 Å². The molecule has 217 valence electrons. The molecule has 0 saturated carbocycles. The maximum Gasteiger partial charge on any atom is 0.320 e. The van der Waals surface area contributed by atoms with E-state index >= 15 is 0 Å². The molecule has 0 aliphatic carbocycles. The van der Waals surface area contributed by atoms with Crippen molar-refractivity contribution in [2.24, 2.45) is 0 Å². The van der Waals surface area contributed by atoms with Crippen LogP contribution in [0.15, 0.2) is 0 Å². The molecule has 1 atom stereocenters. The maximum atomic E-state index is 11.8. The number of carbonyl (C=O) groups excluding carboxylic acids is 1. The van der Waals surface area contributed by atoms with Crippen LogP contribution in [0, 0.1) is 0 Å². The largest absolute Gasteiger partial charge is 0.481 e. The van der Waals surface area contributed by atoms with E-state index in [1.165, 1.54) is 57.8 Å². The summed E-state index contributed by atoms with van der Waals surface area (Å²) in [6.07, 6.45) is 18.2. The summed E-state index contributed by atoms with van der Waals surface area (Å²) in [5.74, 6) is -1.85. The second kappa shape index (κ2) is 27.3. The number of hydrogen-bond acceptors (Lipinski definition) is 6. The molecule has 0 aromatic carbocycles. The quantitative estimate of drug-likeness (QED) is 0.0619. The van der Waals surface area contributed by atoms with E-state index in [9.17, 15) is 24.7 Å². The van der Waals surface area contributed by atoms with Gasteiger partial charge in [0.2, 0.25) is 5.91 Å². The van der Waals surface area contributed by atoms with Crippen molar-refractivity contribution in [3.63, 3.8) is 0 Å². The molecule has 0 fully saturated rings. The van der Waals surface area contributed by atoms with Crippen molar-refractivity contribution >= 4 is 17.8 Å². The first kappa shape index (κ1) is 35.2. The van der Waals surface area contributed by atoms with E-state index in [2.05, 4.69) is 15.5 Å². The van der Waals surface area contributed by atoms with Crippen molar-refractivity contribution in [2.75, 3.05) is 32.9 Å². The van der Waals surface area contributed by atoms with Gasteiger partial charge in [0.15, 0.2) is 0 Å².